The Morgan fingerprint density at radius 2 is 2.07 bits per heavy atom. The maximum absolute atomic E-state index is 13.3. The number of anilines is 1. The molecule has 0 aliphatic carbocycles. The predicted octanol–water partition coefficient (Wildman–Crippen LogP) is 1.69. The van der Waals surface area contributed by atoms with Crippen LogP contribution in [0.5, 0.6) is 0 Å². The SMILES string of the molecule is CC[C@@]1(O)C(=O)Nc2c1cc1n(c2=O)C(C(=O)OC)c2cc3ccccc3nc2-1. The van der Waals surface area contributed by atoms with Crippen LogP contribution >= 0.6 is 0 Å². The quantitative estimate of drug-likeness (QED) is 0.643. The summed E-state index contributed by atoms with van der Waals surface area (Å²) in [5, 5.41) is 14.2. The summed E-state index contributed by atoms with van der Waals surface area (Å²) in [7, 11) is 1.25. The van der Waals surface area contributed by atoms with Crippen molar-refractivity contribution in [1.29, 1.82) is 0 Å². The van der Waals surface area contributed by atoms with Crippen molar-refractivity contribution < 1.29 is 19.4 Å². The van der Waals surface area contributed by atoms with Crippen molar-refractivity contribution in [2.75, 3.05) is 12.4 Å². The highest BCUT2D eigenvalue weighted by Gasteiger charge is 2.48. The molecule has 8 heteroatoms. The van der Waals surface area contributed by atoms with Crippen LogP contribution in [0.1, 0.15) is 30.5 Å². The molecule has 3 aromatic rings. The van der Waals surface area contributed by atoms with Crippen molar-refractivity contribution in [3.8, 4) is 11.4 Å². The maximum Gasteiger partial charge on any atom is 0.333 e. The first-order valence-corrected chi connectivity index (χ1v) is 9.22. The molecule has 4 heterocycles. The molecular formula is C21H17N3O5. The summed E-state index contributed by atoms with van der Waals surface area (Å²) in [5.74, 6) is -1.27. The van der Waals surface area contributed by atoms with Gasteiger partial charge in [0, 0.05) is 16.5 Å². The summed E-state index contributed by atoms with van der Waals surface area (Å²) in [6, 6.07) is 9.80. The molecule has 0 fully saturated rings. The van der Waals surface area contributed by atoms with Gasteiger partial charge in [-0.1, -0.05) is 25.1 Å². The first-order valence-electron chi connectivity index (χ1n) is 9.22. The molecule has 2 aromatic heterocycles. The Morgan fingerprint density at radius 3 is 2.79 bits per heavy atom. The zero-order valence-electron chi connectivity index (χ0n) is 15.7. The number of hydrogen-bond acceptors (Lipinski definition) is 6. The molecule has 146 valence electrons. The van der Waals surface area contributed by atoms with Gasteiger partial charge < -0.3 is 15.2 Å². The number of benzene rings is 1. The van der Waals surface area contributed by atoms with Gasteiger partial charge in [0.15, 0.2) is 11.6 Å². The number of hydrogen-bond donors (Lipinski definition) is 2. The van der Waals surface area contributed by atoms with E-state index in [2.05, 4.69) is 10.3 Å². The number of fused-ring (bicyclic) bond motifs is 5. The lowest BCUT2D eigenvalue weighted by molar-refractivity contribution is -0.143. The van der Waals surface area contributed by atoms with Gasteiger partial charge in [-0.3, -0.25) is 14.2 Å². The molecular weight excluding hydrogens is 374 g/mol. The van der Waals surface area contributed by atoms with Crippen molar-refractivity contribution in [3.63, 3.8) is 0 Å². The summed E-state index contributed by atoms with van der Waals surface area (Å²) < 4.78 is 6.24. The number of carbonyl (C=O) groups excluding carboxylic acids is 2. The second-order valence-electron chi connectivity index (χ2n) is 7.21. The minimum atomic E-state index is -1.80. The topological polar surface area (TPSA) is 111 Å². The summed E-state index contributed by atoms with van der Waals surface area (Å²) in [6.45, 7) is 1.66. The van der Waals surface area contributed by atoms with Crippen molar-refractivity contribution in [2.45, 2.75) is 25.0 Å². The number of amides is 1. The molecule has 2 aliphatic heterocycles. The number of aliphatic hydroxyl groups is 1. The highest BCUT2D eigenvalue weighted by molar-refractivity contribution is 6.05. The number of aromatic nitrogens is 2. The molecule has 2 aliphatic rings. The number of nitrogens with one attached hydrogen (secondary N) is 1. The lowest BCUT2D eigenvalue weighted by atomic mass is 9.92. The molecule has 0 saturated heterocycles. The molecule has 0 bridgehead atoms. The van der Waals surface area contributed by atoms with Gasteiger partial charge in [-0.15, -0.1) is 0 Å². The summed E-state index contributed by atoms with van der Waals surface area (Å²) in [6.07, 6.45) is 0.104. The third-order valence-corrected chi connectivity index (χ3v) is 5.79. The number of esters is 1. The minimum absolute atomic E-state index is 0.0191. The molecule has 0 spiro atoms. The lowest BCUT2D eigenvalue weighted by Crippen LogP contribution is -2.33. The number of carbonyl (C=O) groups is 2. The molecule has 29 heavy (non-hydrogen) atoms. The van der Waals surface area contributed by atoms with Gasteiger partial charge in [0.25, 0.3) is 11.5 Å². The van der Waals surface area contributed by atoms with Crippen LogP contribution < -0.4 is 10.9 Å². The van der Waals surface area contributed by atoms with Crippen LogP contribution in [0.4, 0.5) is 5.69 Å². The highest BCUT2D eigenvalue weighted by Crippen LogP contribution is 2.44. The van der Waals surface area contributed by atoms with Crippen LogP contribution in [0.2, 0.25) is 0 Å². The Morgan fingerprint density at radius 1 is 1.31 bits per heavy atom. The molecule has 2 N–H and O–H groups in total. The van der Waals surface area contributed by atoms with Crippen molar-refractivity contribution >= 4 is 28.5 Å². The Labute approximate surface area is 164 Å². The number of rotatable bonds is 2. The Hall–Kier alpha value is -3.52. The van der Waals surface area contributed by atoms with E-state index in [-0.39, 0.29) is 17.7 Å². The van der Waals surface area contributed by atoms with Gasteiger partial charge in [-0.05, 0) is 24.6 Å². The summed E-state index contributed by atoms with van der Waals surface area (Å²) >= 11 is 0. The zero-order valence-corrected chi connectivity index (χ0v) is 15.7. The third-order valence-electron chi connectivity index (χ3n) is 5.79. The van der Waals surface area contributed by atoms with Gasteiger partial charge >= 0.3 is 5.97 Å². The Bertz CT molecular complexity index is 1300. The molecule has 2 atom stereocenters. The number of nitrogens with zero attached hydrogens (tertiary/aromatic N) is 2. The first-order chi connectivity index (χ1) is 13.9. The largest absolute Gasteiger partial charge is 0.467 e. The molecule has 0 radical (unpaired) electrons. The van der Waals surface area contributed by atoms with Crippen LogP contribution in [-0.4, -0.2) is 33.6 Å². The van der Waals surface area contributed by atoms with Crippen molar-refractivity contribution in [3.05, 3.63) is 57.9 Å². The van der Waals surface area contributed by atoms with E-state index in [1.54, 1.807) is 13.0 Å². The van der Waals surface area contributed by atoms with Crippen molar-refractivity contribution in [1.82, 2.24) is 9.55 Å². The van der Waals surface area contributed by atoms with E-state index in [0.717, 1.165) is 5.39 Å². The van der Waals surface area contributed by atoms with Crippen LogP contribution in [0, 0.1) is 0 Å². The zero-order chi connectivity index (χ0) is 20.5. The third kappa shape index (κ3) is 2.11. The lowest BCUT2D eigenvalue weighted by Gasteiger charge is -2.19. The van der Waals surface area contributed by atoms with Gasteiger partial charge in [-0.25, -0.2) is 9.78 Å². The predicted molar refractivity (Wildman–Crippen MR) is 104 cm³/mol. The Balaban J connectivity index is 1.88. The Kier molecular flexibility index (Phi) is 3.48. The number of ether oxygens (including phenoxy) is 1. The summed E-state index contributed by atoms with van der Waals surface area (Å²) in [5.41, 5.74) is -0.122. The average Bonchev–Trinajstić information content (AvgIpc) is 3.19. The van der Waals surface area contributed by atoms with Crippen LogP contribution in [0.25, 0.3) is 22.3 Å². The molecule has 0 saturated carbocycles. The number of pyridine rings is 2. The van der Waals surface area contributed by atoms with E-state index in [1.807, 2.05) is 30.3 Å². The molecule has 5 rings (SSSR count). The van der Waals surface area contributed by atoms with Gasteiger partial charge in [0.1, 0.15) is 5.69 Å². The van der Waals surface area contributed by atoms with E-state index in [4.69, 9.17) is 4.74 Å². The fraction of sp³-hybridized carbons (Fsp3) is 0.238. The standard InChI is InChI=1S/C21H17N3O5/c1-3-21(28)12-9-14-15-11(8-10-6-4-5-7-13(10)22-15)17(19(26)29-2)24(14)18(25)16(12)23-20(21)27/h4-9,17,28H,3H2,1-2H3,(H,23,27)/t17?,21-/m0/s1. The summed E-state index contributed by atoms with van der Waals surface area (Å²) in [4.78, 5) is 42.9. The van der Waals surface area contributed by atoms with E-state index in [0.29, 0.717) is 22.5 Å². The second-order valence-corrected chi connectivity index (χ2v) is 7.21. The highest BCUT2D eigenvalue weighted by atomic mass is 16.5. The first kappa shape index (κ1) is 17.6. The van der Waals surface area contributed by atoms with Crippen LogP contribution in [0.3, 0.4) is 0 Å². The van der Waals surface area contributed by atoms with Crippen molar-refractivity contribution in [2.24, 2.45) is 0 Å². The molecule has 1 unspecified atom stereocenters. The van der Waals surface area contributed by atoms with Crippen LogP contribution in [-0.2, 0) is 19.9 Å². The monoisotopic (exact) mass is 391 g/mol. The molecule has 8 nitrogen and oxygen atoms in total. The van der Waals surface area contributed by atoms with Gasteiger partial charge in [-0.2, -0.15) is 0 Å². The number of para-hydroxylation sites is 1. The normalized spacial score (nSPS) is 21.5. The van der Waals surface area contributed by atoms with E-state index < -0.39 is 29.1 Å². The van der Waals surface area contributed by atoms with Crippen LogP contribution in [0.15, 0.2) is 41.2 Å². The molecule has 1 amide bonds. The smallest absolute Gasteiger partial charge is 0.333 e. The van der Waals surface area contributed by atoms with E-state index in [9.17, 15) is 19.5 Å². The average molecular weight is 391 g/mol. The molecule has 1 aromatic carbocycles. The van der Waals surface area contributed by atoms with E-state index in [1.165, 1.54) is 11.7 Å². The number of methoxy groups -OCH3 is 1. The maximum atomic E-state index is 13.3. The van der Waals surface area contributed by atoms with Gasteiger partial charge in [0.2, 0.25) is 0 Å². The van der Waals surface area contributed by atoms with Gasteiger partial charge in [0.05, 0.1) is 24.0 Å². The fourth-order valence-electron chi connectivity index (χ4n) is 4.23. The fourth-order valence-corrected chi connectivity index (χ4v) is 4.23. The minimum Gasteiger partial charge on any atom is -0.467 e. The van der Waals surface area contributed by atoms with E-state index >= 15 is 0 Å². The second kappa shape index (κ2) is 5.74.